The number of rotatable bonds is 1. The number of carbonyl (C=O) groups is 1. The van der Waals surface area contributed by atoms with Crippen molar-refractivity contribution in [3.63, 3.8) is 0 Å². The van der Waals surface area contributed by atoms with Crippen molar-refractivity contribution in [2.24, 2.45) is 34.5 Å². The second kappa shape index (κ2) is 6.35. The molecular formula is C23H30Br2O6. The Kier molecular flexibility index (Phi) is 4.25. The van der Waals surface area contributed by atoms with E-state index in [2.05, 4.69) is 45.7 Å². The minimum Gasteiger partial charge on any atom is -0.347 e. The number of halogens is 2. The largest absolute Gasteiger partial charge is 0.347 e. The molecule has 2 spiro atoms. The Morgan fingerprint density at radius 1 is 1.10 bits per heavy atom. The Morgan fingerprint density at radius 2 is 1.87 bits per heavy atom. The van der Waals surface area contributed by atoms with Crippen molar-refractivity contribution in [1.29, 1.82) is 0 Å². The lowest BCUT2D eigenvalue weighted by atomic mass is 9.40. The third-order valence-corrected chi connectivity index (χ3v) is 12.1. The van der Waals surface area contributed by atoms with E-state index in [1.165, 1.54) is 0 Å². The third kappa shape index (κ3) is 2.17. The van der Waals surface area contributed by atoms with Crippen LogP contribution in [0, 0.1) is 34.5 Å². The van der Waals surface area contributed by atoms with Crippen LogP contribution in [0.4, 0.5) is 0 Å². The van der Waals surface area contributed by atoms with Crippen LogP contribution in [0.25, 0.3) is 0 Å². The van der Waals surface area contributed by atoms with Gasteiger partial charge in [-0.25, -0.2) is 0 Å². The van der Waals surface area contributed by atoms with Crippen molar-refractivity contribution in [2.45, 2.75) is 86.2 Å². The molecule has 0 aromatic carbocycles. The molecule has 4 saturated carbocycles. The van der Waals surface area contributed by atoms with E-state index in [0.717, 1.165) is 32.1 Å². The molecule has 0 radical (unpaired) electrons. The molecule has 0 N–H and O–H groups in total. The molecule has 8 rings (SSSR count). The molecule has 4 aliphatic carbocycles. The highest BCUT2D eigenvalue weighted by Gasteiger charge is 2.80. The zero-order valence-corrected chi connectivity index (χ0v) is 21.2. The summed E-state index contributed by atoms with van der Waals surface area (Å²) in [5.41, 5.74) is -1.10. The quantitative estimate of drug-likeness (QED) is 0.449. The summed E-state index contributed by atoms with van der Waals surface area (Å²) in [5.74, 6) is 0.569. The lowest BCUT2D eigenvalue weighted by molar-refractivity contribution is -0.508. The number of hydrogen-bond acceptors (Lipinski definition) is 6. The number of ketones is 1. The van der Waals surface area contributed by atoms with Crippen molar-refractivity contribution in [2.75, 3.05) is 13.2 Å². The number of carbonyl (C=O) groups excluding carboxylic acids is 1. The average Bonchev–Trinajstić information content (AvgIpc) is 3.31. The van der Waals surface area contributed by atoms with Gasteiger partial charge in [-0.2, -0.15) is 0 Å². The topological polar surface area (TPSA) is 63.2 Å². The van der Waals surface area contributed by atoms with Crippen LogP contribution in [-0.4, -0.2) is 52.8 Å². The number of fused-ring (bicyclic) bond motifs is 4. The van der Waals surface area contributed by atoms with Crippen LogP contribution in [0.3, 0.4) is 0 Å². The zero-order valence-electron chi connectivity index (χ0n) is 18.0. The van der Waals surface area contributed by atoms with E-state index in [1.807, 2.05) is 0 Å². The first-order chi connectivity index (χ1) is 14.8. The van der Waals surface area contributed by atoms with Gasteiger partial charge in [-0.05, 0) is 31.1 Å². The molecule has 31 heavy (non-hydrogen) atoms. The van der Waals surface area contributed by atoms with Gasteiger partial charge in [0.15, 0.2) is 5.79 Å². The van der Waals surface area contributed by atoms with Crippen LogP contribution in [0.1, 0.15) is 52.4 Å². The van der Waals surface area contributed by atoms with Gasteiger partial charge in [0.2, 0.25) is 0 Å². The molecule has 0 amide bonds. The second-order valence-electron chi connectivity index (χ2n) is 11.3. The number of Topliss-reactive ketones (excluding diaryl/α,β-unsaturated/α-hetero) is 1. The molecular weight excluding hydrogens is 532 g/mol. The predicted molar refractivity (Wildman–Crippen MR) is 117 cm³/mol. The van der Waals surface area contributed by atoms with Gasteiger partial charge in [0, 0.05) is 36.5 Å². The summed E-state index contributed by atoms with van der Waals surface area (Å²) in [6.07, 6.45) is 5.30. The molecule has 10 atom stereocenters. The molecule has 4 heterocycles. The van der Waals surface area contributed by atoms with Crippen LogP contribution >= 0.6 is 31.9 Å². The van der Waals surface area contributed by atoms with E-state index in [9.17, 15) is 4.79 Å². The molecule has 0 aromatic rings. The van der Waals surface area contributed by atoms with Crippen LogP contribution < -0.4 is 0 Å². The molecule has 8 heteroatoms. The SMILES string of the molecule is CC1C2CC34CCC5C6CCC7(OCCO7)C6(C)CC(=O)C5C3(C(Br)Br)C1OC(O2)O4. The van der Waals surface area contributed by atoms with E-state index in [4.69, 9.17) is 23.7 Å². The molecule has 8 fully saturated rings. The maximum atomic E-state index is 14.2. The molecule has 4 saturated heterocycles. The predicted octanol–water partition coefficient (Wildman–Crippen LogP) is 4.12. The number of ether oxygens (including phenoxy) is 5. The lowest BCUT2D eigenvalue weighted by Crippen LogP contribution is -2.82. The summed E-state index contributed by atoms with van der Waals surface area (Å²) >= 11 is 7.86. The Bertz CT molecular complexity index is 831. The normalized spacial score (nSPS) is 58.6. The van der Waals surface area contributed by atoms with Gasteiger partial charge < -0.3 is 23.7 Å². The highest BCUT2D eigenvalue weighted by molar-refractivity contribution is 9.24. The van der Waals surface area contributed by atoms with Gasteiger partial charge in [-0.15, -0.1) is 0 Å². The monoisotopic (exact) mass is 560 g/mol. The van der Waals surface area contributed by atoms with Gasteiger partial charge in [0.1, 0.15) is 5.78 Å². The van der Waals surface area contributed by atoms with E-state index in [-0.39, 0.29) is 33.2 Å². The standard InChI is InChI=1S/C23H30Br2O6/c1-11-15-10-21-5-3-12-13-4-6-22(27-7-8-28-22)20(13,2)9-14(26)16(12)23(21,18(24)25)17(11)30-19(29-15)31-21/h11-13,15-19H,3-10H2,1-2H3. The molecule has 10 unspecified atom stereocenters. The van der Waals surface area contributed by atoms with Crippen molar-refractivity contribution < 1.29 is 28.5 Å². The Hall–Kier alpha value is 0.430. The molecule has 4 bridgehead atoms. The fourth-order valence-electron chi connectivity index (χ4n) is 9.41. The third-order valence-electron chi connectivity index (χ3n) is 10.5. The summed E-state index contributed by atoms with van der Waals surface area (Å²) in [6.45, 7) is 5.14. The van der Waals surface area contributed by atoms with Crippen molar-refractivity contribution in [3.05, 3.63) is 0 Å². The highest BCUT2D eigenvalue weighted by Crippen LogP contribution is 2.74. The lowest BCUT2D eigenvalue weighted by Gasteiger charge is -2.73. The van der Waals surface area contributed by atoms with E-state index < -0.39 is 23.3 Å². The fourth-order valence-corrected chi connectivity index (χ4v) is 11.3. The molecule has 0 aromatic heterocycles. The number of alkyl halides is 2. The Balaban J connectivity index is 1.37. The van der Waals surface area contributed by atoms with Crippen LogP contribution in [0.5, 0.6) is 0 Å². The summed E-state index contributed by atoms with van der Waals surface area (Å²) in [5, 5.41) is 0. The summed E-state index contributed by atoms with van der Waals surface area (Å²) < 4.78 is 31.3. The van der Waals surface area contributed by atoms with Crippen LogP contribution in [-0.2, 0) is 28.5 Å². The number of hydrogen-bond donors (Lipinski definition) is 0. The van der Waals surface area contributed by atoms with Gasteiger partial charge >= 0.3 is 0 Å². The first kappa shape index (κ1) is 20.8. The maximum absolute atomic E-state index is 14.2. The zero-order chi connectivity index (χ0) is 21.4. The van der Waals surface area contributed by atoms with Crippen molar-refractivity contribution in [1.82, 2.24) is 0 Å². The minimum atomic E-state index is -0.595. The van der Waals surface area contributed by atoms with Crippen LogP contribution in [0.15, 0.2) is 0 Å². The molecule has 6 nitrogen and oxygen atoms in total. The Morgan fingerprint density at radius 3 is 2.61 bits per heavy atom. The first-order valence-electron chi connectivity index (χ1n) is 11.9. The minimum absolute atomic E-state index is 0.0713. The summed E-state index contributed by atoms with van der Waals surface area (Å²) in [7, 11) is 0. The highest BCUT2D eigenvalue weighted by atomic mass is 79.9. The summed E-state index contributed by atoms with van der Waals surface area (Å²) in [6, 6.07) is 0. The molecule has 8 aliphatic rings. The van der Waals surface area contributed by atoms with E-state index in [1.54, 1.807) is 0 Å². The van der Waals surface area contributed by atoms with Gasteiger partial charge in [0.25, 0.3) is 6.48 Å². The first-order valence-corrected chi connectivity index (χ1v) is 13.7. The molecule has 172 valence electrons. The van der Waals surface area contributed by atoms with Gasteiger partial charge in [0.05, 0.1) is 40.2 Å². The maximum Gasteiger partial charge on any atom is 0.272 e. The van der Waals surface area contributed by atoms with Gasteiger partial charge in [-0.3, -0.25) is 4.79 Å². The Labute approximate surface area is 199 Å². The van der Waals surface area contributed by atoms with Gasteiger partial charge in [-0.1, -0.05) is 45.7 Å². The second-order valence-corrected chi connectivity index (χ2v) is 14.3. The van der Waals surface area contributed by atoms with E-state index in [0.29, 0.717) is 37.3 Å². The van der Waals surface area contributed by atoms with Crippen LogP contribution in [0.2, 0.25) is 0 Å². The molecule has 4 aliphatic heterocycles. The fraction of sp³-hybridized carbons (Fsp3) is 0.957. The van der Waals surface area contributed by atoms with Crippen molar-refractivity contribution >= 4 is 37.6 Å². The van der Waals surface area contributed by atoms with E-state index >= 15 is 0 Å². The average molecular weight is 562 g/mol. The van der Waals surface area contributed by atoms with Crippen molar-refractivity contribution in [3.8, 4) is 0 Å². The summed E-state index contributed by atoms with van der Waals surface area (Å²) in [4.78, 5) is 14.2. The smallest absolute Gasteiger partial charge is 0.272 e.